The van der Waals surface area contributed by atoms with E-state index in [1.165, 1.54) is 18.2 Å². The van der Waals surface area contributed by atoms with Crippen LogP contribution >= 0.6 is 24.2 Å². The molecule has 0 amide bonds. The molecule has 0 aliphatic carbocycles. The van der Waals surface area contributed by atoms with Crippen molar-refractivity contribution in [3.63, 3.8) is 0 Å². The summed E-state index contributed by atoms with van der Waals surface area (Å²) in [6, 6.07) is 4.24. The molecule has 1 rings (SSSR count). The second-order valence-corrected chi connectivity index (χ2v) is 4.15. The molecule has 3 nitrogen and oxygen atoms in total. The molecule has 0 fully saturated rings. The smallest absolute Gasteiger partial charge is 0.117 e. The van der Waals surface area contributed by atoms with Crippen molar-refractivity contribution in [2.75, 3.05) is 5.75 Å². The number of hydrogen-bond acceptors (Lipinski definition) is 4. The lowest BCUT2D eigenvalue weighted by atomic mass is 10.0. The van der Waals surface area contributed by atoms with Gasteiger partial charge in [0.15, 0.2) is 0 Å². The molecule has 2 atom stereocenters. The summed E-state index contributed by atoms with van der Waals surface area (Å²) < 4.78 is 0. The predicted molar refractivity (Wildman–Crippen MR) is 62.6 cm³/mol. The second kappa shape index (κ2) is 5.61. The zero-order valence-electron chi connectivity index (χ0n) is 7.97. The number of hydrogen-bond donors (Lipinski definition) is 4. The van der Waals surface area contributed by atoms with Crippen LogP contribution in [0.15, 0.2) is 18.2 Å². The second-order valence-electron chi connectivity index (χ2n) is 3.27. The predicted octanol–water partition coefficient (Wildman–Crippen LogP) is 1.76. The minimum atomic E-state index is -1.05. The number of thiol groups is 1. The molecule has 15 heavy (non-hydrogen) atoms. The summed E-state index contributed by atoms with van der Waals surface area (Å²) in [4.78, 5) is 0. The zero-order chi connectivity index (χ0) is 11.4. The standard InChI is InChI=1S/C10H13ClO3S/c11-7-3-6(4-8(12)5-7)10(14)9(13)1-2-15/h3-5,9-10,12-15H,1-2H2. The van der Waals surface area contributed by atoms with E-state index >= 15 is 0 Å². The Morgan fingerprint density at radius 2 is 1.93 bits per heavy atom. The average Bonchev–Trinajstić information content (AvgIpc) is 2.15. The molecule has 0 bridgehead atoms. The highest BCUT2D eigenvalue weighted by atomic mass is 35.5. The molecule has 0 saturated carbocycles. The van der Waals surface area contributed by atoms with Crippen LogP contribution in [0.5, 0.6) is 5.75 Å². The third-order valence-corrected chi connectivity index (χ3v) is 2.51. The topological polar surface area (TPSA) is 60.7 Å². The van der Waals surface area contributed by atoms with Crippen molar-refractivity contribution in [3.05, 3.63) is 28.8 Å². The summed E-state index contributed by atoms with van der Waals surface area (Å²) in [5.74, 6) is 0.444. The first kappa shape index (κ1) is 12.6. The maximum atomic E-state index is 9.72. The van der Waals surface area contributed by atoms with Crippen LogP contribution in [0, 0.1) is 0 Å². The number of aliphatic hydroxyl groups is 2. The third kappa shape index (κ3) is 3.57. The Hall–Kier alpha value is -0.420. The number of phenolic OH excluding ortho intramolecular Hbond substituents is 1. The van der Waals surface area contributed by atoms with E-state index < -0.39 is 12.2 Å². The highest BCUT2D eigenvalue weighted by Gasteiger charge is 2.18. The highest BCUT2D eigenvalue weighted by Crippen LogP contribution is 2.26. The van der Waals surface area contributed by atoms with Gasteiger partial charge in [-0.2, -0.15) is 12.6 Å². The van der Waals surface area contributed by atoms with Crippen LogP contribution in [0.25, 0.3) is 0 Å². The Labute approximate surface area is 98.7 Å². The molecule has 0 aliphatic heterocycles. The van der Waals surface area contributed by atoms with E-state index in [0.717, 1.165) is 0 Å². The lowest BCUT2D eigenvalue weighted by molar-refractivity contribution is 0.0171. The van der Waals surface area contributed by atoms with Crippen molar-refractivity contribution < 1.29 is 15.3 Å². The van der Waals surface area contributed by atoms with E-state index in [2.05, 4.69) is 12.6 Å². The van der Waals surface area contributed by atoms with Gasteiger partial charge in [0.2, 0.25) is 0 Å². The first-order chi connectivity index (χ1) is 7.04. The Bertz CT molecular complexity index is 312. The monoisotopic (exact) mass is 248 g/mol. The molecule has 0 spiro atoms. The Balaban J connectivity index is 2.85. The number of rotatable bonds is 4. The van der Waals surface area contributed by atoms with Gasteiger partial charge in [0.05, 0.1) is 6.10 Å². The van der Waals surface area contributed by atoms with Crippen LogP contribution in [0.2, 0.25) is 5.02 Å². The van der Waals surface area contributed by atoms with Crippen molar-refractivity contribution in [2.24, 2.45) is 0 Å². The molecule has 0 aromatic heterocycles. The zero-order valence-corrected chi connectivity index (χ0v) is 9.62. The number of halogens is 1. The minimum absolute atomic E-state index is 0.0328. The quantitative estimate of drug-likeness (QED) is 0.614. The van der Waals surface area contributed by atoms with Crippen molar-refractivity contribution in [3.8, 4) is 5.75 Å². The average molecular weight is 249 g/mol. The number of aliphatic hydroxyl groups excluding tert-OH is 2. The summed E-state index contributed by atoms with van der Waals surface area (Å²) >= 11 is 9.67. The van der Waals surface area contributed by atoms with Gasteiger partial charge in [-0.25, -0.2) is 0 Å². The fourth-order valence-corrected chi connectivity index (χ4v) is 1.78. The molecule has 1 aromatic carbocycles. The fraction of sp³-hybridized carbons (Fsp3) is 0.400. The molecule has 0 saturated heterocycles. The van der Waals surface area contributed by atoms with Gasteiger partial charge in [-0.3, -0.25) is 0 Å². The van der Waals surface area contributed by atoms with E-state index in [9.17, 15) is 15.3 Å². The molecule has 2 unspecified atom stereocenters. The first-order valence-corrected chi connectivity index (χ1v) is 5.52. The number of phenols is 1. The van der Waals surface area contributed by atoms with Gasteiger partial charge >= 0.3 is 0 Å². The van der Waals surface area contributed by atoms with Crippen LogP contribution in [-0.2, 0) is 0 Å². The molecular formula is C10H13ClO3S. The van der Waals surface area contributed by atoms with Crippen LogP contribution in [0.4, 0.5) is 0 Å². The van der Waals surface area contributed by atoms with Gasteiger partial charge in [-0.1, -0.05) is 11.6 Å². The molecule has 1 aromatic rings. The van der Waals surface area contributed by atoms with Crippen LogP contribution < -0.4 is 0 Å². The van der Waals surface area contributed by atoms with Crippen molar-refractivity contribution in [2.45, 2.75) is 18.6 Å². The number of benzene rings is 1. The van der Waals surface area contributed by atoms with Gasteiger partial charge in [0.1, 0.15) is 11.9 Å². The third-order valence-electron chi connectivity index (χ3n) is 2.04. The van der Waals surface area contributed by atoms with E-state index in [1.54, 1.807) is 0 Å². The van der Waals surface area contributed by atoms with Crippen LogP contribution in [0.1, 0.15) is 18.1 Å². The van der Waals surface area contributed by atoms with Gasteiger partial charge in [0, 0.05) is 5.02 Å². The molecular weight excluding hydrogens is 236 g/mol. The fourth-order valence-electron chi connectivity index (χ4n) is 1.28. The van der Waals surface area contributed by atoms with Crippen molar-refractivity contribution in [1.82, 2.24) is 0 Å². The van der Waals surface area contributed by atoms with E-state index in [-0.39, 0.29) is 5.75 Å². The highest BCUT2D eigenvalue weighted by molar-refractivity contribution is 7.80. The molecule has 84 valence electrons. The summed E-state index contributed by atoms with van der Waals surface area (Å²) in [6.07, 6.45) is -1.58. The van der Waals surface area contributed by atoms with E-state index in [1.807, 2.05) is 0 Å². The molecule has 0 heterocycles. The SMILES string of the molecule is Oc1cc(Cl)cc(C(O)C(O)CCS)c1. The van der Waals surface area contributed by atoms with Gasteiger partial charge in [-0.05, 0) is 35.9 Å². The summed E-state index contributed by atoms with van der Waals surface area (Å²) in [6.45, 7) is 0. The minimum Gasteiger partial charge on any atom is -0.508 e. The van der Waals surface area contributed by atoms with Gasteiger partial charge in [0.25, 0.3) is 0 Å². The Morgan fingerprint density at radius 3 is 2.47 bits per heavy atom. The number of aromatic hydroxyl groups is 1. The summed E-state index contributed by atoms with van der Waals surface area (Å²) in [5.41, 5.74) is 0.397. The van der Waals surface area contributed by atoms with Crippen LogP contribution in [0.3, 0.4) is 0 Å². The first-order valence-electron chi connectivity index (χ1n) is 4.51. The van der Waals surface area contributed by atoms with E-state index in [0.29, 0.717) is 22.8 Å². The Morgan fingerprint density at radius 1 is 1.27 bits per heavy atom. The van der Waals surface area contributed by atoms with Crippen molar-refractivity contribution in [1.29, 1.82) is 0 Å². The molecule has 3 N–H and O–H groups in total. The maximum absolute atomic E-state index is 9.72. The molecule has 0 aliphatic rings. The van der Waals surface area contributed by atoms with Crippen LogP contribution in [-0.4, -0.2) is 27.2 Å². The lowest BCUT2D eigenvalue weighted by Crippen LogP contribution is -2.18. The normalized spacial score (nSPS) is 14.9. The van der Waals surface area contributed by atoms with Gasteiger partial charge in [-0.15, -0.1) is 0 Å². The Kier molecular flexibility index (Phi) is 4.73. The summed E-state index contributed by atoms with van der Waals surface area (Å²) in [5, 5.41) is 28.8. The van der Waals surface area contributed by atoms with E-state index in [4.69, 9.17) is 11.6 Å². The largest absolute Gasteiger partial charge is 0.508 e. The lowest BCUT2D eigenvalue weighted by Gasteiger charge is -2.17. The van der Waals surface area contributed by atoms with Crippen molar-refractivity contribution >= 4 is 24.2 Å². The summed E-state index contributed by atoms with van der Waals surface area (Å²) in [7, 11) is 0. The molecule has 5 heteroatoms. The van der Waals surface area contributed by atoms with Gasteiger partial charge < -0.3 is 15.3 Å². The maximum Gasteiger partial charge on any atom is 0.117 e. The molecule has 0 radical (unpaired) electrons.